The van der Waals surface area contributed by atoms with Crippen molar-refractivity contribution in [3.8, 4) is 5.75 Å². The van der Waals surface area contributed by atoms with Crippen LogP contribution in [0.25, 0.3) is 0 Å². The second kappa shape index (κ2) is 6.78. The molecule has 3 heteroatoms. The zero-order chi connectivity index (χ0) is 14.5. The first-order valence-electron chi connectivity index (χ1n) is 6.78. The molecule has 106 valence electrons. The van der Waals surface area contributed by atoms with Gasteiger partial charge >= 0.3 is 0 Å². The molecule has 2 N–H and O–H groups in total. The fourth-order valence-corrected chi connectivity index (χ4v) is 2.53. The zero-order valence-corrected chi connectivity index (χ0v) is 12.7. The van der Waals surface area contributed by atoms with Crippen LogP contribution in [0, 0.1) is 13.8 Å². The van der Waals surface area contributed by atoms with Crippen LogP contribution in [0.2, 0.25) is 5.02 Å². The standard InChI is InChI=1S/C17H20ClNO/c1-12-9-14(7-8-19)10-13(2)17(12)20-11-15-5-3-4-6-16(15)18/h3-6,9-10H,7-8,11,19H2,1-2H3. The molecule has 2 nitrogen and oxygen atoms in total. The van der Waals surface area contributed by atoms with E-state index in [-0.39, 0.29) is 0 Å². The number of hydrogen-bond donors (Lipinski definition) is 1. The molecule has 0 saturated heterocycles. The summed E-state index contributed by atoms with van der Waals surface area (Å²) in [4.78, 5) is 0. The molecule has 20 heavy (non-hydrogen) atoms. The second-order valence-corrected chi connectivity index (χ2v) is 5.38. The molecule has 0 saturated carbocycles. The van der Waals surface area contributed by atoms with E-state index in [2.05, 4.69) is 26.0 Å². The quantitative estimate of drug-likeness (QED) is 0.902. The van der Waals surface area contributed by atoms with Crippen LogP contribution in [-0.2, 0) is 13.0 Å². The van der Waals surface area contributed by atoms with Gasteiger partial charge in [-0.15, -0.1) is 0 Å². The summed E-state index contributed by atoms with van der Waals surface area (Å²) in [5.41, 5.74) is 10.1. The molecule has 0 aliphatic heterocycles. The number of halogens is 1. The van der Waals surface area contributed by atoms with Gasteiger partial charge in [0, 0.05) is 10.6 Å². The van der Waals surface area contributed by atoms with Crippen molar-refractivity contribution in [2.75, 3.05) is 6.54 Å². The van der Waals surface area contributed by atoms with Gasteiger partial charge in [0.05, 0.1) is 0 Å². The number of benzene rings is 2. The fourth-order valence-electron chi connectivity index (χ4n) is 2.34. The van der Waals surface area contributed by atoms with Crippen molar-refractivity contribution in [1.82, 2.24) is 0 Å². The third-order valence-corrected chi connectivity index (χ3v) is 3.65. The molecule has 0 bridgehead atoms. The number of ether oxygens (including phenoxy) is 1. The molecule has 0 aliphatic rings. The Morgan fingerprint density at radius 1 is 1.10 bits per heavy atom. The van der Waals surface area contributed by atoms with E-state index in [1.807, 2.05) is 24.3 Å². The van der Waals surface area contributed by atoms with E-state index >= 15 is 0 Å². The van der Waals surface area contributed by atoms with E-state index in [0.717, 1.165) is 33.9 Å². The van der Waals surface area contributed by atoms with Crippen LogP contribution in [0.4, 0.5) is 0 Å². The molecule has 0 radical (unpaired) electrons. The first kappa shape index (κ1) is 14.9. The molecular formula is C17H20ClNO. The van der Waals surface area contributed by atoms with Gasteiger partial charge < -0.3 is 10.5 Å². The molecule has 0 aliphatic carbocycles. The Morgan fingerprint density at radius 3 is 2.35 bits per heavy atom. The molecule has 0 fully saturated rings. The van der Waals surface area contributed by atoms with Gasteiger partial charge in [-0.05, 0) is 49.6 Å². The predicted molar refractivity (Wildman–Crippen MR) is 84.5 cm³/mol. The van der Waals surface area contributed by atoms with Crippen molar-refractivity contribution in [2.45, 2.75) is 26.9 Å². The Labute approximate surface area is 125 Å². The van der Waals surface area contributed by atoms with Gasteiger partial charge in [0.15, 0.2) is 0 Å². The van der Waals surface area contributed by atoms with Crippen molar-refractivity contribution in [3.63, 3.8) is 0 Å². The predicted octanol–water partition coefficient (Wildman–Crippen LogP) is 4.04. The van der Waals surface area contributed by atoms with Gasteiger partial charge in [-0.3, -0.25) is 0 Å². The molecule has 2 aromatic carbocycles. The van der Waals surface area contributed by atoms with E-state index in [1.54, 1.807) is 0 Å². The van der Waals surface area contributed by atoms with E-state index in [9.17, 15) is 0 Å². The normalized spacial score (nSPS) is 10.6. The zero-order valence-electron chi connectivity index (χ0n) is 11.9. The minimum absolute atomic E-state index is 0.484. The maximum Gasteiger partial charge on any atom is 0.125 e. The molecule has 0 unspecified atom stereocenters. The minimum Gasteiger partial charge on any atom is -0.488 e. The van der Waals surface area contributed by atoms with Crippen LogP contribution in [0.5, 0.6) is 5.75 Å². The Hall–Kier alpha value is -1.51. The third-order valence-electron chi connectivity index (χ3n) is 3.28. The van der Waals surface area contributed by atoms with Gasteiger partial charge in [0.2, 0.25) is 0 Å². The van der Waals surface area contributed by atoms with Crippen LogP contribution < -0.4 is 10.5 Å². The first-order chi connectivity index (χ1) is 9.61. The van der Waals surface area contributed by atoms with Gasteiger partial charge in [0.1, 0.15) is 12.4 Å². The lowest BCUT2D eigenvalue weighted by Crippen LogP contribution is -2.05. The number of rotatable bonds is 5. The highest BCUT2D eigenvalue weighted by Crippen LogP contribution is 2.27. The summed E-state index contributed by atoms with van der Waals surface area (Å²) < 4.78 is 5.95. The SMILES string of the molecule is Cc1cc(CCN)cc(C)c1OCc1ccccc1Cl. The van der Waals surface area contributed by atoms with Crippen LogP contribution in [0.1, 0.15) is 22.3 Å². The van der Waals surface area contributed by atoms with Gasteiger partial charge in [-0.2, -0.15) is 0 Å². The molecule has 0 spiro atoms. The number of hydrogen-bond acceptors (Lipinski definition) is 2. The number of aryl methyl sites for hydroxylation is 2. The maximum atomic E-state index is 6.14. The third kappa shape index (κ3) is 3.53. The van der Waals surface area contributed by atoms with Crippen molar-refractivity contribution < 1.29 is 4.74 Å². The summed E-state index contributed by atoms with van der Waals surface area (Å²) in [6.45, 7) is 5.28. The van der Waals surface area contributed by atoms with E-state index in [4.69, 9.17) is 22.1 Å². The van der Waals surface area contributed by atoms with Crippen molar-refractivity contribution >= 4 is 11.6 Å². The second-order valence-electron chi connectivity index (χ2n) is 4.98. The Kier molecular flexibility index (Phi) is 5.05. The molecule has 2 rings (SSSR count). The van der Waals surface area contributed by atoms with Crippen LogP contribution >= 0.6 is 11.6 Å². The largest absolute Gasteiger partial charge is 0.488 e. The first-order valence-corrected chi connectivity index (χ1v) is 7.16. The van der Waals surface area contributed by atoms with E-state index < -0.39 is 0 Å². The highest BCUT2D eigenvalue weighted by Gasteiger charge is 2.08. The molecule has 0 atom stereocenters. The van der Waals surface area contributed by atoms with E-state index in [0.29, 0.717) is 13.2 Å². The van der Waals surface area contributed by atoms with Crippen molar-refractivity contribution in [1.29, 1.82) is 0 Å². The lowest BCUT2D eigenvalue weighted by Gasteiger charge is -2.14. The smallest absolute Gasteiger partial charge is 0.125 e. The average Bonchev–Trinajstić information content (AvgIpc) is 2.40. The molecule has 0 amide bonds. The highest BCUT2D eigenvalue weighted by atomic mass is 35.5. The fraction of sp³-hybridized carbons (Fsp3) is 0.294. The van der Waals surface area contributed by atoms with E-state index in [1.165, 1.54) is 5.56 Å². The Bertz CT molecular complexity index is 572. The molecule has 0 heterocycles. The van der Waals surface area contributed by atoms with Gasteiger partial charge in [-0.25, -0.2) is 0 Å². The van der Waals surface area contributed by atoms with Gasteiger partial charge in [0.25, 0.3) is 0 Å². The van der Waals surface area contributed by atoms with Crippen LogP contribution in [0.15, 0.2) is 36.4 Å². The average molecular weight is 290 g/mol. The summed E-state index contributed by atoms with van der Waals surface area (Å²) in [7, 11) is 0. The highest BCUT2D eigenvalue weighted by molar-refractivity contribution is 6.31. The van der Waals surface area contributed by atoms with Crippen LogP contribution in [0.3, 0.4) is 0 Å². The lowest BCUT2D eigenvalue weighted by atomic mass is 10.0. The number of nitrogens with two attached hydrogens (primary N) is 1. The van der Waals surface area contributed by atoms with Crippen molar-refractivity contribution in [2.24, 2.45) is 5.73 Å². The van der Waals surface area contributed by atoms with Crippen molar-refractivity contribution in [3.05, 3.63) is 63.7 Å². The maximum absolute atomic E-state index is 6.14. The van der Waals surface area contributed by atoms with Gasteiger partial charge in [-0.1, -0.05) is 41.9 Å². The Balaban J connectivity index is 2.16. The summed E-state index contributed by atoms with van der Waals surface area (Å²) >= 11 is 6.14. The summed E-state index contributed by atoms with van der Waals surface area (Å²) in [6, 6.07) is 12.0. The summed E-state index contributed by atoms with van der Waals surface area (Å²) in [5.74, 6) is 0.936. The molecular weight excluding hydrogens is 270 g/mol. The molecule has 2 aromatic rings. The monoisotopic (exact) mass is 289 g/mol. The lowest BCUT2D eigenvalue weighted by molar-refractivity contribution is 0.302. The molecule has 0 aromatic heterocycles. The summed E-state index contributed by atoms with van der Waals surface area (Å²) in [6.07, 6.45) is 0.895. The van der Waals surface area contributed by atoms with Crippen LogP contribution in [-0.4, -0.2) is 6.54 Å². The minimum atomic E-state index is 0.484. The topological polar surface area (TPSA) is 35.2 Å². The Morgan fingerprint density at radius 2 is 1.75 bits per heavy atom. The summed E-state index contributed by atoms with van der Waals surface area (Å²) in [5, 5.41) is 0.738.